The molecule has 12 nitrogen and oxygen atoms in total. The standard InChI is InChI=1S/C33H32O12/c1-19(34)40-18-28(30(42-20(2)35)24-15-26(38-4)32(43-21(3)36)27(16-24)39-5)44-25-13-11-23-12-14-29(37)45-31(23)33(25)41-17-22-9-7-6-8-10-22/h6-16,28,30H,17-18H2,1-5H3/t28-,30-/m0/s1. The average molecular weight is 621 g/mol. The molecule has 3 aromatic carbocycles. The Morgan fingerprint density at radius 1 is 0.778 bits per heavy atom. The van der Waals surface area contributed by atoms with Crippen LogP contribution in [0.15, 0.2) is 75.9 Å². The van der Waals surface area contributed by atoms with E-state index < -0.39 is 35.7 Å². The lowest BCUT2D eigenvalue weighted by atomic mass is 10.0. The molecule has 0 fully saturated rings. The highest BCUT2D eigenvalue weighted by Gasteiger charge is 2.33. The number of fused-ring (bicyclic) bond motifs is 1. The normalized spacial score (nSPS) is 12.0. The van der Waals surface area contributed by atoms with Gasteiger partial charge in [0.25, 0.3) is 0 Å². The molecule has 0 N–H and O–H groups in total. The number of carbonyl (C=O) groups excluding carboxylic acids is 3. The van der Waals surface area contributed by atoms with Crippen LogP contribution in [0.3, 0.4) is 0 Å². The molecule has 0 saturated carbocycles. The van der Waals surface area contributed by atoms with Crippen molar-refractivity contribution in [1.82, 2.24) is 0 Å². The topological polar surface area (TPSA) is 146 Å². The van der Waals surface area contributed by atoms with Crippen molar-refractivity contribution in [1.29, 1.82) is 0 Å². The molecule has 45 heavy (non-hydrogen) atoms. The van der Waals surface area contributed by atoms with E-state index >= 15 is 0 Å². The van der Waals surface area contributed by atoms with E-state index in [1.807, 2.05) is 30.3 Å². The van der Waals surface area contributed by atoms with E-state index in [4.69, 9.17) is 37.6 Å². The highest BCUT2D eigenvalue weighted by Crippen LogP contribution is 2.43. The molecule has 0 aliphatic rings. The molecule has 0 saturated heterocycles. The van der Waals surface area contributed by atoms with Gasteiger partial charge < -0.3 is 37.6 Å². The van der Waals surface area contributed by atoms with Crippen LogP contribution < -0.4 is 29.3 Å². The van der Waals surface area contributed by atoms with Crippen LogP contribution in [0.5, 0.6) is 28.7 Å². The van der Waals surface area contributed by atoms with Gasteiger partial charge in [0, 0.05) is 37.8 Å². The Balaban J connectivity index is 1.84. The molecule has 12 heteroatoms. The van der Waals surface area contributed by atoms with Crippen molar-refractivity contribution < 1.29 is 52.0 Å². The van der Waals surface area contributed by atoms with Crippen molar-refractivity contribution in [2.75, 3.05) is 20.8 Å². The molecule has 0 bridgehead atoms. The number of ether oxygens (including phenoxy) is 7. The first kappa shape index (κ1) is 32.4. The third-order valence-electron chi connectivity index (χ3n) is 6.35. The van der Waals surface area contributed by atoms with E-state index in [0.717, 1.165) is 5.56 Å². The molecular weight excluding hydrogens is 588 g/mol. The Labute approximate surface area is 258 Å². The van der Waals surface area contributed by atoms with Crippen LogP contribution in [0.2, 0.25) is 0 Å². The summed E-state index contributed by atoms with van der Waals surface area (Å²) in [5.74, 6) is -1.49. The van der Waals surface area contributed by atoms with Crippen LogP contribution in [0.1, 0.15) is 38.0 Å². The Hall–Kier alpha value is -5.52. The Bertz CT molecular complexity index is 1700. The molecule has 4 rings (SSSR count). The van der Waals surface area contributed by atoms with Gasteiger partial charge in [-0.05, 0) is 35.9 Å². The number of hydrogen-bond donors (Lipinski definition) is 0. The van der Waals surface area contributed by atoms with Gasteiger partial charge in [0.2, 0.25) is 11.5 Å². The summed E-state index contributed by atoms with van der Waals surface area (Å²) in [5.41, 5.74) is 0.650. The second-order valence-electron chi connectivity index (χ2n) is 9.68. The molecule has 2 atom stereocenters. The molecule has 0 spiro atoms. The molecule has 0 amide bonds. The van der Waals surface area contributed by atoms with Crippen molar-refractivity contribution in [3.05, 3.63) is 88.3 Å². The Morgan fingerprint density at radius 3 is 2.04 bits per heavy atom. The van der Waals surface area contributed by atoms with Gasteiger partial charge in [0.05, 0.1) is 14.2 Å². The molecule has 0 aliphatic carbocycles. The quantitative estimate of drug-likeness (QED) is 0.113. The van der Waals surface area contributed by atoms with Gasteiger partial charge in [-0.25, -0.2) is 4.79 Å². The molecule has 0 aliphatic heterocycles. The molecule has 1 aromatic heterocycles. The minimum atomic E-state index is -1.23. The highest BCUT2D eigenvalue weighted by molar-refractivity contribution is 5.85. The minimum Gasteiger partial charge on any atom is -0.493 e. The second-order valence-corrected chi connectivity index (χ2v) is 9.68. The SMILES string of the molecule is COc1cc([C@H](OC(C)=O)[C@H](COC(C)=O)Oc2ccc3ccc(=O)oc3c2OCc2ccccc2)cc(OC)c1OC(C)=O. The molecule has 1 heterocycles. The monoisotopic (exact) mass is 620 g/mol. The fourth-order valence-corrected chi connectivity index (χ4v) is 4.44. The lowest BCUT2D eigenvalue weighted by Crippen LogP contribution is -2.34. The largest absolute Gasteiger partial charge is 0.493 e. The number of methoxy groups -OCH3 is 2. The lowest BCUT2D eigenvalue weighted by molar-refractivity contribution is -0.157. The summed E-state index contributed by atoms with van der Waals surface area (Å²) < 4.78 is 45.3. The average Bonchev–Trinajstić information content (AvgIpc) is 3.01. The molecule has 0 radical (unpaired) electrons. The Morgan fingerprint density at radius 2 is 1.44 bits per heavy atom. The predicted molar refractivity (Wildman–Crippen MR) is 160 cm³/mol. The smallest absolute Gasteiger partial charge is 0.336 e. The fraction of sp³-hybridized carbons (Fsp3) is 0.273. The number of esters is 3. The summed E-state index contributed by atoms with van der Waals surface area (Å²) in [6, 6.07) is 18.4. The van der Waals surface area contributed by atoms with Gasteiger partial charge in [-0.15, -0.1) is 0 Å². The zero-order chi connectivity index (χ0) is 32.5. The van der Waals surface area contributed by atoms with E-state index in [-0.39, 0.29) is 47.5 Å². The first-order valence-corrected chi connectivity index (χ1v) is 13.7. The van der Waals surface area contributed by atoms with E-state index in [9.17, 15) is 19.2 Å². The van der Waals surface area contributed by atoms with Crippen LogP contribution >= 0.6 is 0 Å². The molecule has 4 aromatic rings. The van der Waals surface area contributed by atoms with Gasteiger partial charge in [-0.1, -0.05) is 30.3 Å². The first-order chi connectivity index (χ1) is 21.6. The lowest BCUT2D eigenvalue weighted by Gasteiger charge is -2.29. The zero-order valence-corrected chi connectivity index (χ0v) is 25.3. The maximum absolute atomic E-state index is 12.4. The van der Waals surface area contributed by atoms with E-state index in [1.165, 1.54) is 53.2 Å². The van der Waals surface area contributed by atoms with E-state index in [1.54, 1.807) is 18.2 Å². The van der Waals surface area contributed by atoms with Crippen LogP contribution in [-0.2, 0) is 30.5 Å². The second kappa shape index (κ2) is 14.8. The van der Waals surface area contributed by atoms with E-state index in [0.29, 0.717) is 10.9 Å². The summed E-state index contributed by atoms with van der Waals surface area (Å²) in [6.07, 6.45) is -2.41. The van der Waals surface area contributed by atoms with Crippen LogP contribution in [0, 0.1) is 0 Å². The van der Waals surface area contributed by atoms with Crippen molar-refractivity contribution in [3.8, 4) is 28.7 Å². The summed E-state index contributed by atoms with van der Waals surface area (Å²) in [5, 5.41) is 0.564. The van der Waals surface area contributed by atoms with E-state index in [2.05, 4.69) is 0 Å². The maximum Gasteiger partial charge on any atom is 0.336 e. The van der Waals surface area contributed by atoms with Gasteiger partial charge >= 0.3 is 23.5 Å². The van der Waals surface area contributed by atoms with Crippen molar-refractivity contribution in [3.63, 3.8) is 0 Å². The third kappa shape index (κ3) is 8.31. The fourth-order valence-electron chi connectivity index (χ4n) is 4.44. The zero-order valence-electron chi connectivity index (χ0n) is 25.3. The van der Waals surface area contributed by atoms with Crippen molar-refractivity contribution >= 4 is 28.9 Å². The maximum atomic E-state index is 12.4. The molecule has 0 unspecified atom stereocenters. The number of carbonyl (C=O) groups is 3. The van der Waals surface area contributed by atoms with Gasteiger partial charge in [-0.2, -0.15) is 0 Å². The summed E-state index contributed by atoms with van der Waals surface area (Å²) in [6.45, 7) is 3.37. The van der Waals surface area contributed by atoms with Crippen LogP contribution in [0.4, 0.5) is 0 Å². The van der Waals surface area contributed by atoms with Crippen molar-refractivity contribution in [2.24, 2.45) is 0 Å². The summed E-state index contributed by atoms with van der Waals surface area (Å²) in [7, 11) is 2.72. The van der Waals surface area contributed by atoms with Gasteiger partial charge in [-0.3, -0.25) is 14.4 Å². The predicted octanol–water partition coefficient (Wildman–Crippen LogP) is 4.93. The third-order valence-corrected chi connectivity index (χ3v) is 6.35. The number of hydrogen-bond acceptors (Lipinski definition) is 12. The minimum absolute atomic E-state index is 0.0106. The first-order valence-electron chi connectivity index (χ1n) is 13.7. The van der Waals surface area contributed by atoms with Crippen LogP contribution in [-0.4, -0.2) is 44.8 Å². The summed E-state index contributed by atoms with van der Waals surface area (Å²) >= 11 is 0. The Kier molecular flexibility index (Phi) is 10.6. The number of rotatable bonds is 13. The molecular formula is C33H32O12. The number of benzene rings is 3. The van der Waals surface area contributed by atoms with Gasteiger partial charge in [0.15, 0.2) is 35.0 Å². The summed E-state index contributed by atoms with van der Waals surface area (Å²) in [4.78, 5) is 48.3. The van der Waals surface area contributed by atoms with Crippen LogP contribution in [0.25, 0.3) is 11.0 Å². The van der Waals surface area contributed by atoms with Gasteiger partial charge in [0.1, 0.15) is 13.2 Å². The van der Waals surface area contributed by atoms with Crippen molar-refractivity contribution in [2.45, 2.75) is 39.6 Å². The molecule has 236 valence electrons. The highest BCUT2D eigenvalue weighted by atomic mass is 16.6.